The van der Waals surface area contributed by atoms with Crippen LogP contribution < -0.4 is 0 Å². The van der Waals surface area contributed by atoms with Crippen molar-refractivity contribution in [3.63, 3.8) is 0 Å². The number of hydrogen-bond acceptors (Lipinski definition) is 2. The summed E-state index contributed by atoms with van der Waals surface area (Å²) in [6.45, 7) is 1.16. The average molecular weight is 143 g/mol. The quantitative estimate of drug-likeness (QED) is 0.524. The van der Waals surface area contributed by atoms with E-state index in [1.807, 2.05) is 0 Å². The fourth-order valence-electron chi connectivity index (χ4n) is 1.63. The molecule has 2 rings (SSSR count). The van der Waals surface area contributed by atoms with Crippen LogP contribution >= 0.6 is 0 Å². The lowest BCUT2D eigenvalue weighted by Crippen LogP contribution is -2.40. The standard InChI is InChI=1S/C6H9NO3/c8-6(9)7-2-5-1-4(7)3-10-5/h4-5H,1-3H2,(H,8,9)/t4-,5?/m0/s1. The summed E-state index contributed by atoms with van der Waals surface area (Å²) in [5.41, 5.74) is 0. The van der Waals surface area contributed by atoms with Crippen molar-refractivity contribution in [1.29, 1.82) is 0 Å². The predicted molar refractivity (Wildman–Crippen MR) is 32.9 cm³/mol. The van der Waals surface area contributed by atoms with Gasteiger partial charge in [0.05, 0.1) is 25.3 Å². The summed E-state index contributed by atoms with van der Waals surface area (Å²) in [6.07, 6.45) is 0.267. The lowest BCUT2D eigenvalue weighted by Gasteiger charge is -2.23. The maximum Gasteiger partial charge on any atom is 0.407 e. The van der Waals surface area contributed by atoms with Crippen molar-refractivity contribution in [2.45, 2.75) is 18.6 Å². The first kappa shape index (κ1) is 5.97. The molecule has 1 N–H and O–H groups in total. The molecule has 0 aromatic heterocycles. The van der Waals surface area contributed by atoms with Crippen molar-refractivity contribution >= 4 is 6.09 Å². The number of nitrogens with zero attached hydrogens (tertiary/aromatic N) is 1. The van der Waals surface area contributed by atoms with E-state index in [4.69, 9.17) is 9.84 Å². The topological polar surface area (TPSA) is 49.8 Å². The van der Waals surface area contributed by atoms with Crippen molar-refractivity contribution in [2.24, 2.45) is 0 Å². The van der Waals surface area contributed by atoms with Gasteiger partial charge >= 0.3 is 6.09 Å². The molecule has 2 saturated heterocycles. The number of ether oxygens (including phenoxy) is 1. The maximum atomic E-state index is 10.5. The monoisotopic (exact) mass is 143 g/mol. The molecule has 0 aliphatic carbocycles. The Kier molecular flexibility index (Phi) is 1.11. The molecule has 4 nitrogen and oxygen atoms in total. The van der Waals surface area contributed by atoms with Gasteiger partial charge in [-0.05, 0) is 6.42 Å². The van der Waals surface area contributed by atoms with Crippen LogP contribution in [0.3, 0.4) is 0 Å². The molecular weight excluding hydrogens is 134 g/mol. The molecule has 1 amide bonds. The van der Waals surface area contributed by atoms with Crippen molar-refractivity contribution in [1.82, 2.24) is 4.90 Å². The number of rotatable bonds is 0. The number of fused-ring (bicyclic) bond motifs is 2. The van der Waals surface area contributed by atoms with E-state index in [2.05, 4.69) is 0 Å². The Hall–Kier alpha value is -0.770. The molecule has 2 atom stereocenters. The molecule has 4 heteroatoms. The van der Waals surface area contributed by atoms with Crippen LogP contribution in [0.1, 0.15) is 6.42 Å². The number of hydrogen-bond donors (Lipinski definition) is 1. The lowest BCUT2D eigenvalue weighted by atomic mass is 10.2. The Balaban J connectivity index is 2.08. The van der Waals surface area contributed by atoms with E-state index in [-0.39, 0.29) is 12.1 Å². The molecule has 1 unspecified atom stereocenters. The summed E-state index contributed by atoms with van der Waals surface area (Å²) < 4.78 is 5.23. The van der Waals surface area contributed by atoms with Gasteiger partial charge in [-0.25, -0.2) is 4.79 Å². The van der Waals surface area contributed by atoms with Crippen molar-refractivity contribution in [2.75, 3.05) is 13.2 Å². The predicted octanol–water partition coefficient (Wildman–Crippen LogP) is 0.138. The van der Waals surface area contributed by atoms with Crippen molar-refractivity contribution in [3.05, 3.63) is 0 Å². The smallest absolute Gasteiger partial charge is 0.407 e. The molecule has 0 aromatic rings. The normalized spacial score (nSPS) is 37.0. The van der Waals surface area contributed by atoms with Gasteiger partial charge in [-0.2, -0.15) is 0 Å². The van der Waals surface area contributed by atoms with Crippen LogP contribution in [-0.4, -0.2) is 41.4 Å². The third-order valence-corrected chi connectivity index (χ3v) is 2.15. The van der Waals surface area contributed by atoms with Crippen molar-refractivity contribution in [3.8, 4) is 0 Å². The number of likely N-dealkylation sites (tertiary alicyclic amines) is 1. The Bertz CT molecular complexity index is 170. The van der Waals surface area contributed by atoms with Gasteiger partial charge in [-0.3, -0.25) is 0 Å². The molecule has 10 heavy (non-hydrogen) atoms. The summed E-state index contributed by atoms with van der Waals surface area (Å²) in [5, 5.41) is 8.61. The van der Waals surface area contributed by atoms with Crippen LogP contribution in [0.4, 0.5) is 4.79 Å². The van der Waals surface area contributed by atoms with Gasteiger partial charge in [0, 0.05) is 0 Å². The zero-order chi connectivity index (χ0) is 7.14. The van der Waals surface area contributed by atoms with Gasteiger partial charge in [0.2, 0.25) is 0 Å². The van der Waals surface area contributed by atoms with E-state index in [1.54, 1.807) is 0 Å². The minimum absolute atomic E-state index is 0.141. The van der Waals surface area contributed by atoms with E-state index < -0.39 is 6.09 Å². The largest absolute Gasteiger partial charge is 0.465 e. The molecule has 0 radical (unpaired) electrons. The van der Waals surface area contributed by atoms with Crippen LogP contribution in [0.15, 0.2) is 0 Å². The van der Waals surface area contributed by atoms with Crippen molar-refractivity contribution < 1.29 is 14.6 Å². The second-order valence-corrected chi connectivity index (χ2v) is 2.78. The Morgan fingerprint density at radius 2 is 2.50 bits per heavy atom. The highest BCUT2D eigenvalue weighted by atomic mass is 16.5. The lowest BCUT2D eigenvalue weighted by molar-refractivity contribution is 0.0327. The number of carbonyl (C=O) groups is 1. The Morgan fingerprint density at radius 3 is 2.80 bits per heavy atom. The third kappa shape index (κ3) is 0.686. The summed E-state index contributed by atoms with van der Waals surface area (Å²) in [7, 11) is 0. The highest BCUT2D eigenvalue weighted by molar-refractivity contribution is 5.66. The molecule has 2 fully saturated rings. The van der Waals surface area contributed by atoms with Gasteiger partial charge in [0.1, 0.15) is 0 Å². The summed E-state index contributed by atoms with van der Waals surface area (Å²) in [5.74, 6) is 0. The summed E-state index contributed by atoms with van der Waals surface area (Å²) in [4.78, 5) is 11.9. The first-order valence-electron chi connectivity index (χ1n) is 3.38. The molecule has 2 bridgehead atoms. The maximum absolute atomic E-state index is 10.5. The summed E-state index contributed by atoms with van der Waals surface area (Å²) in [6, 6.07) is 0.141. The Morgan fingerprint density at radius 1 is 1.70 bits per heavy atom. The van der Waals surface area contributed by atoms with Gasteiger partial charge in [-0.1, -0.05) is 0 Å². The number of carboxylic acid groups (broad SMARTS) is 1. The first-order valence-corrected chi connectivity index (χ1v) is 3.38. The van der Waals surface area contributed by atoms with Crippen LogP contribution in [0, 0.1) is 0 Å². The number of amides is 1. The molecule has 2 heterocycles. The van der Waals surface area contributed by atoms with Crippen LogP contribution in [0.2, 0.25) is 0 Å². The second kappa shape index (κ2) is 1.85. The van der Waals surface area contributed by atoms with Gasteiger partial charge < -0.3 is 14.7 Å². The van der Waals surface area contributed by atoms with E-state index in [0.717, 1.165) is 6.42 Å². The SMILES string of the molecule is O=C(O)N1CC2C[C@H]1CO2. The molecular formula is C6H9NO3. The molecule has 0 aromatic carbocycles. The van der Waals surface area contributed by atoms with Crippen LogP contribution in [-0.2, 0) is 4.74 Å². The van der Waals surface area contributed by atoms with Gasteiger partial charge in [0.25, 0.3) is 0 Å². The van der Waals surface area contributed by atoms with E-state index >= 15 is 0 Å². The molecule has 2 aliphatic rings. The fourth-order valence-corrected chi connectivity index (χ4v) is 1.63. The van der Waals surface area contributed by atoms with E-state index in [9.17, 15) is 4.79 Å². The van der Waals surface area contributed by atoms with E-state index in [1.165, 1.54) is 4.90 Å². The highest BCUT2D eigenvalue weighted by Crippen LogP contribution is 2.27. The highest BCUT2D eigenvalue weighted by Gasteiger charge is 2.41. The molecule has 2 aliphatic heterocycles. The Labute approximate surface area is 58.4 Å². The molecule has 0 spiro atoms. The second-order valence-electron chi connectivity index (χ2n) is 2.78. The van der Waals surface area contributed by atoms with E-state index in [0.29, 0.717) is 13.2 Å². The van der Waals surface area contributed by atoms with Gasteiger partial charge in [0.15, 0.2) is 0 Å². The molecule has 56 valence electrons. The summed E-state index contributed by atoms with van der Waals surface area (Å²) >= 11 is 0. The molecule has 0 saturated carbocycles. The zero-order valence-corrected chi connectivity index (χ0v) is 5.49. The minimum atomic E-state index is -0.809. The minimum Gasteiger partial charge on any atom is -0.465 e. The first-order chi connectivity index (χ1) is 4.77. The third-order valence-electron chi connectivity index (χ3n) is 2.15. The number of morpholine rings is 1. The zero-order valence-electron chi connectivity index (χ0n) is 5.49. The van der Waals surface area contributed by atoms with Crippen LogP contribution in [0.25, 0.3) is 0 Å². The fraction of sp³-hybridized carbons (Fsp3) is 0.833. The van der Waals surface area contributed by atoms with Gasteiger partial charge in [-0.15, -0.1) is 0 Å². The van der Waals surface area contributed by atoms with Crippen LogP contribution in [0.5, 0.6) is 0 Å². The average Bonchev–Trinajstić information content (AvgIpc) is 2.44.